The highest BCUT2D eigenvalue weighted by Gasteiger charge is 2.43. The van der Waals surface area contributed by atoms with Crippen LogP contribution >= 0.6 is 11.8 Å². The van der Waals surface area contributed by atoms with Crippen LogP contribution in [0.25, 0.3) is 0 Å². The van der Waals surface area contributed by atoms with Crippen LogP contribution in [0.2, 0.25) is 0 Å². The van der Waals surface area contributed by atoms with E-state index in [2.05, 4.69) is 37.3 Å². The Kier molecular flexibility index (Phi) is 8.72. The second-order valence-electron chi connectivity index (χ2n) is 10.1. The van der Waals surface area contributed by atoms with Crippen LogP contribution in [0.3, 0.4) is 0 Å². The Morgan fingerprint density at radius 2 is 2.09 bits per heavy atom. The van der Waals surface area contributed by atoms with Gasteiger partial charge in [0, 0.05) is 25.4 Å². The number of piperidine rings is 1. The molecule has 1 saturated carbocycles. The standard InChI is InChI=1S/C28H39NO3S/c1-20-6-5-7-21(14-20)16-24(30)8-9-25-26-17-22(15-23(26)18-27(25)31)10-13-33-19-28(32)29-11-3-2-4-12-29/h5-9,14-15,23-27,30-31H,2-4,10-13,16-19H2,1H3/t23-,24-,25+,26-,27+/m0/s1. The first kappa shape index (κ1) is 24.6. The zero-order chi connectivity index (χ0) is 23.2. The lowest BCUT2D eigenvalue weighted by Gasteiger charge is -2.26. The van der Waals surface area contributed by atoms with Crippen LogP contribution in [0.15, 0.2) is 48.1 Å². The molecule has 1 saturated heterocycles. The predicted octanol–water partition coefficient (Wildman–Crippen LogP) is 4.53. The van der Waals surface area contributed by atoms with Gasteiger partial charge in [-0.1, -0.05) is 53.6 Å². The second-order valence-corrected chi connectivity index (χ2v) is 11.2. The molecule has 2 N–H and O–H groups in total. The Balaban J connectivity index is 1.21. The molecule has 180 valence electrons. The molecular weight excluding hydrogens is 430 g/mol. The number of nitrogens with zero attached hydrogens (tertiary/aromatic N) is 1. The number of aryl methyl sites for hydroxylation is 1. The summed E-state index contributed by atoms with van der Waals surface area (Å²) < 4.78 is 0. The number of likely N-dealkylation sites (tertiary alicyclic amines) is 1. The number of aliphatic hydroxyl groups excluding tert-OH is 2. The number of aliphatic hydroxyl groups is 2. The van der Waals surface area contributed by atoms with Crippen molar-refractivity contribution in [1.82, 2.24) is 4.90 Å². The fourth-order valence-corrected chi connectivity index (χ4v) is 6.70. The van der Waals surface area contributed by atoms with E-state index in [1.165, 1.54) is 17.6 Å². The van der Waals surface area contributed by atoms with E-state index in [1.54, 1.807) is 11.8 Å². The number of amides is 1. The first-order valence-corrected chi connectivity index (χ1v) is 13.8. The van der Waals surface area contributed by atoms with Crippen LogP contribution in [0.5, 0.6) is 0 Å². The Hall–Kier alpha value is -1.56. The van der Waals surface area contributed by atoms with Crippen LogP contribution in [0.4, 0.5) is 0 Å². The maximum Gasteiger partial charge on any atom is 0.232 e. The summed E-state index contributed by atoms with van der Waals surface area (Å²) in [5, 5.41) is 21.1. The van der Waals surface area contributed by atoms with Crippen molar-refractivity contribution < 1.29 is 15.0 Å². The third kappa shape index (κ3) is 6.74. The zero-order valence-corrected chi connectivity index (χ0v) is 20.7. The fourth-order valence-electron chi connectivity index (χ4n) is 5.79. The number of rotatable bonds is 9. The highest BCUT2D eigenvalue weighted by molar-refractivity contribution is 7.99. The fraction of sp³-hybridized carbons (Fsp3) is 0.607. The van der Waals surface area contributed by atoms with Gasteiger partial charge in [-0.3, -0.25) is 4.79 Å². The number of fused-ring (bicyclic) bond motifs is 1. The topological polar surface area (TPSA) is 60.8 Å². The van der Waals surface area contributed by atoms with Gasteiger partial charge in [0.2, 0.25) is 5.91 Å². The summed E-state index contributed by atoms with van der Waals surface area (Å²) in [6.07, 6.45) is 12.5. The minimum Gasteiger partial charge on any atom is -0.392 e. The van der Waals surface area contributed by atoms with Crippen molar-refractivity contribution in [2.45, 2.75) is 64.1 Å². The number of allylic oxidation sites excluding steroid dienone is 2. The third-order valence-corrected chi connectivity index (χ3v) is 8.48. The summed E-state index contributed by atoms with van der Waals surface area (Å²) >= 11 is 1.76. The SMILES string of the molecule is Cc1cccc(C[C@@H](O)C=C[C@@H]2[C@H]3CC(CCSCC(=O)N4CCCCC4)=C[C@H]3C[C@H]2O)c1. The Morgan fingerprint density at radius 3 is 2.88 bits per heavy atom. The molecule has 0 aromatic heterocycles. The smallest absolute Gasteiger partial charge is 0.232 e. The van der Waals surface area contributed by atoms with E-state index in [0.29, 0.717) is 29.9 Å². The molecule has 33 heavy (non-hydrogen) atoms. The van der Waals surface area contributed by atoms with Gasteiger partial charge < -0.3 is 15.1 Å². The Bertz CT molecular complexity index is 860. The molecule has 1 heterocycles. The van der Waals surface area contributed by atoms with E-state index < -0.39 is 6.10 Å². The first-order valence-electron chi connectivity index (χ1n) is 12.6. The first-order chi connectivity index (χ1) is 16.0. The average molecular weight is 470 g/mol. The summed E-state index contributed by atoms with van der Waals surface area (Å²) in [7, 11) is 0. The molecule has 5 atom stereocenters. The highest BCUT2D eigenvalue weighted by atomic mass is 32.2. The van der Waals surface area contributed by atoms with Gasteiger partial charge in [-0.05, 0) is 68.6 Å². The number of carbonyl (C=O) groups is 1. The lowest BCUT2D eigenvalue weighted by atomic mass is 9.88. The van der Waals surface area contributed by atoms with Gasteiger partial charge in [-0.15, -0.1) is 0 Å². The van der Waals surface area contributed by atoms with E-state index in [9.17, 15) is 15.0 Å². The molecule has 5 heteroatoms. The Labute approximate surface area is 203 Å². The van der Waals surface area contributed by atoms with Gasteiger partial charge in [-0.2, -0.15) is 11.8 Å². The van der Waals surface area contributed by atoms with E-state index >= 15 is 0 Å². The molecule has 1 aromatic carbocycles. The number of hydrogen-bond donors (Lipinski definition) is 2. The van der Waals surface area contributed by atoms with Gasteiger partial charge in [0.05, 0.1) is 18.0 Å². The number of carbonyl (C=O) groups excluding carboxylic acids is 1. The average Bonchev–Trinajstić information content (AvgIpc) is 3.32. The third-order valence-electron chi connectivity index (χ3n) is 7.53. The van der Waals surface area contributed by atoms with Crippen molar-refractivity contribution in [3.63, 3.8) is 0 Å². The molecule has 4 rings (SSSR count). The molecule has 1 aromatic rings. The molecular formula is C28H39NO3S. The number of hydrogen-bond acceptors (Lipinski definition) is 4. The summed E-state index contributed by atoms with van der Waals surface area (Å²) in [4.78, 5) is 14.4. The molecule has 1 amide bonds. The van der Waals surface area contributed by atoms with Crippen molar-refractivity contribution in [2.24, 2.45) is 17.8 Å². The predicted molar refractivity (Wildman–Crippen MR) is 136 cm³/mol. The van der Waals surface area contributed by atoms with Crippen LogP contribution in [-0.2, 0) is 11.2 Å². The lowest BCUT2D eigenvalue weighted by Crippen LogP contribution is -2.36. The van der Waals surface area contributed by atoms with Crippen molar-refractivity contribution in [3.8, 4) is 0 Å². The van der Waals surface area contributed by atoms with Crippen molar-refractivity contribution in [2.75, 3.05) is 24.6 Å². The monoisotopic (exact) mass is 469 g/mol. The van der Waals surface area contributed by atoms with Gasteiger partial charge in [0.1, 0.15) is 0 Å². The molecule has 2 fully saturated rings. The molecule has 4 nitrogen and oxygen atoms in total. The van der Waals surface area contributed by atoms with E-state index in [0.717, 1.165) is 56.5 Å². The van der Waals surface area contributed by atoms with Crippen molar-refractivity contribution in [3.05, 3.63) is 59.2 Å². The summed E-state index contributed by atoms with van der Waals surface area (Å²) in [5.74, 6) is 2.89. The zero-order valence-electron chi connectivity index (χ0n) is 19.9. The lowest BCUT2D eigenvalue weighted by molar-refractivity contribution is -0.129. The summed E-state index contributed by atoms with van der Waals surface area (Å²) in [6.45, 7) is 3.94. The summed E-state index contributed by atoms with van der Waals surface area (Å²) in [5.41, 5.74) is 3.82. The normalized spacial score (nSPS) is 28.2. The molecule has 0 bridgehead atoms. The van der Waals surface area contributed by atoms with Crippen LogP contribution in [-0.4, -0.2) is 57.8 Å². The maximum absolute atomic E-state index is 12.3. The van der Waals surface area contributed by atoms with Crippen LogP contribution in [0.1, 0.15) is 49.7 Å². The van der Waals surface area contributed by atoms with E-state index in [4.69, 9.17) is 0 Å². The van der Waals surface area contributed by atoms with Gasteiger partial charge in [-0.25, -0.2) is 0 Å². The molecule has 0 unspecified atom stereocenters. The minimum absolute atomic E-state index is 0.115. The maximum atomic E-state index is 12.3. The molecule has 0 spiro atoms. The summed E-state index contributed by atoms with van der Waals surface area (Å²) in [6, 6.07) is 8.26. The largest absolute Gasteiger partial charge is 0.392 e. The Morgan fingerprint density at radius 1 is 1.27 bits per heavy atom. The van der Waals surface area contributed by atoms with Crippen LogP contribution < -0.4 is 0 Å². The molecule has 3 aliphatic rings. The highest BCUT2D eigenvalue weighted by Crippen LogP contribution is 2.48. The molecule has 1 aliphatic heterocycles. The van der Waals surface area contributed by atoms with E-state index in [-0.39, 0.29) is 12.0 Å². The quantitative estimate of drug-likeness (QED) is 0.412. The second kappa shape index (κ2) is 11.7. The van der Waals surface area contributed by atoms with Gasteiger partial charge in [0.15, 0.2) is 0 Å². The molecule has 2 aliphatic carbocycles. The van der Waals surface area contributed by atoms with Crippen LogP contribution in [0, 0.1) is 24.7 Å². The van der Waals surface area contributed by atoms with E-state index in [1.807, 2.05) is 17.0 Å². The molecule has 0 radical (unpaired) electrons. The van der Waals surface area contributed by atoms with Gasteiger partial charge in [0.25, 0.3) is 0 Å². The van der Waals surface area contributed by atoms with Crippen molar-refractivity contribution in [1.29, 1.82) is 0 Å². The van der Waals surface area contributed by atoms with Gasteiger partial charge >= 0.3 is 0 Å². The minimum atomic E-state index is -0.527. The van der Waals surface area contributed by atoms with Crippen molar-refractivity contribution >= 4 is 17.7 Å². The number of thioether (sulfide) groups is 1. The number of benzene rings is 1.